The second kappa shape index (κ2) is 6.71. The molecule has 2 atom stereocenters. The summed E-state index contributed by atoms with van der Waals surface area (Å²) in [5.74, 6) is 0.603. The monoisotopic (exact) mass is 315 g/mol. The highest BCUT2D eigenvalue weighted by atomic mass is 16.2. The van der Waals surface area contributed by atoms with Gasteiger partial charge in [0.25, 0.3) is 5.91 Å². The van der Waals surface area contributed by atoms with Crippen molar-refractivity contribution in [3.05, 3.63) is 29.8 Å². The predicted molar refractivity (Wildman–Crippen MR) is 90.5 cm³/mol. The van der Waals surface area contributed by atoms with Crippen LogP contribution in [0.3, 0.4) is 0 Å². The van der Waals surface area contributed by atoms with Crippen molar-refractivity contribution in [2.75, 3.05) is 25.0 Å². The fraction of sp³-hybridized carbons (Fsp3) is 0.556. The quantitative estimate of drug-likeness (QED) is 0.890. The molecular weight excluding hydrogens is 290 g/mol. The molecule has 2 aliphatic rings. The third-order valence-corrected chi connectivity index (χ3v) is 4.91. The average molecular weight is 315 g/mol. The fourth-order valence-electron chi connectivity index (χ4n) is 3.11. The van der Waals surface area contributed by atoms with Crippen LogP contribution in [-0.4, -0.2) is 38.0 Å². The van der Waals surface area contributed by atoms with Crippen LogP contribution in [0.25, 0.3) is 0 Å². The Morgan fingerprint density at radius 3 is 2.65 bits per heavy atom. The highest BCUT2D eigenvalue weighted by molar-refractivity contribution is 6.05. The van der Waals surface area contributed by atoms with Gasteiger partial charge in [-0.3, -0.25) is 9.59 Å². The molecule has 1 aromatic carbocycles. The van der Waals surface area contributed by atoms with Gasteiger partial charge in [0.1, 0.15) is 0 Å². The number of nitrogens with one attached hydrogen (secondary N) is 2. The van der Waals surface area contributed by atoms with Crippen molar-refractivity contribution in [1.82, 2.24) is 10.6 Å². The van der Waals surface area contributed by atoms with Gasteiger partial charge in [-0.1, -0.05) is 19.1 Å². The molecule has 1 aliphatic carbocycles. The van der Waals surface area contributed by atoms with E-state index in [1.165, 1.54) is 0 Å². The van der Waals surface area contributed by atoms with E-state index >= 15 is 0 Å². The summed E-state index contributed by atoms with van der Waals surface area (Å²) in [6.07, 6.45) is 2.98. The Hall–Kier alpha value is -1.88. The molecule has 1 saturated heterocycles. The number of hydrogen-bond acceptors (Lipinski definition) is 3. The van der Waals surface area contributed by atoms with E-state index in [0.29, 0.717) is 17.2 Å². The molecule has 1 saturated carbocycles. The molecule has 1 heterocycles. The van der Waals surface area contributed by atoms with Crippen LogP contribution in [0.4, 0.5) is 5.69 Å². The molecule has 2 unspecified atom stereocenters. The summed E-state index contributed by atoms with van der Waals surface area (Å²) >= 11 is 0. The minimum atomic E-state index is -0.100. The molecule has 0 radical (unpaired) electrons. The van der Waals surface area contributed by atoms with E-state index in [2.05, 4.69) is 17.6 Å². The van der Waals surface area contributed by atoms with Crippen LogP contribution < -0.4 is 15.5 Å². The average Bonchev–Trinajstić information content (AvgIpc) is 3.40. The second-order valence-corrected chi connectivity index (χ2v) is 6.74. The molecular formula is C18H25N3O2. The van der Waals surface area contributed by atoms with Gasteiger partial charge in [-0.2, -0.15) is 0 Å². The SMILES string of the molecule is CC1CCNCC1NC(=O)c1ccccc1N(C)C(=O)C1CC1. The van der Waals surface area contributed by atoms with Crippen molar-refractivity contribution >= 4 is 17.5 Å². The normalized spacial score (nSPS) is 24.1. The van der Waals surface area contributed by atoms with Crippen LogP contribution in [0, 0.1) is 11.8 Å². The number of benzene rings is 1. The van der Waals surface area contributed by atoms with Gasteiger partial charge in [0.15, 0.2) is 0 Å². The first-order valence-electron chi connectivity index (χ1n) is 8.46. The molecule has 124 valence electrons. The van der Waals surface area contributed by atoms with Gasteiger partial charge in [-0.25, -0.2) is 0 Å². The number of piperidine rings is 1. The van der Waals surface area contributed by atoms with Crippen LogP contribution in [0.1, 0.15) is 36.5 Å². The summed E-state index contributed by atoms with van der Waals surface area (Å²) in [5.41, 5.74) is 1.26. The molecule has 0 aromatic heterocycles. The van der Waals surface area contributed by atoms with E-state index in [0.717, 1.165) is 32.4 Å². The lowest BCUT2D eigenvalue weighted by Crippen LogP contribution is -2.50. The third-order valence-electron chi connectivity index (χ3n) is 4.91. The lowest BCUT2D eigenvalue weighted by Gasteiger charge is -2.30. The zero-order valence-electron chi connectivity index (χ0n) is 13.8. The van der Waals surface area contributed by atoms with Crippen molar-refractivity contribution in [2.24, 2.45) is 11.8 Å². The van der Waals surface area contributed by atoms with E-state index in [4.69, 9.17) is 0 Å². The zero-order chi connectivity index (χ0) is 16.4. The number of rotatable bonds is 4. The summed E-state index contributed by atoms with van der Waals surface area (Å²) in [6.45, 7) is 3.97. The largest absolute Gasteiger partial charge is 0.348 e. The highest BCUT2D eigenvalue weighted by Gasteiger charge is 2.33. The lowest BCUT2D eigenvalue weighted by atomic mass is 9.94. The molecule has 5 heteroatoms. The first kappa shape index (κ1) is 16.0. The van der Waals surface area contributed by atoms with Gasteiger partial charge in [0.2, 0.25) is 5.91 Å². The number of carbonyl (C=O) groups excluding carboxylic acids is 2. The maximum absolute atomic E-state index is 12.7. The highest BCUT2D eigenvalue weighted by Crippen LogP contribution is 2.33. The first-order chi connectivity index (χ1) is 11.1. The molecule has 3 rings (SSSR count). The summed E-state index contributed by atoms with van der Waals surface area (Å²) in [4.78, 5) is 26.7. The van der Waals surface area contributed by atoms with Gasteiger partial charge >= 0.3 is 0 Å². The van der Waals surface area contributed by atoms with Crippen molar-refractivity contribution < 1.29 is 9.59 Å². The Labute approximate surface area is 137 Å². The van der Waals surface area contributed by atoms with Crippen molar-refractivity contribution in [1.29, 1.82) is 0 Å². The number of hydrogen-bond donors (Lipinski definition) is 2. The van der Waals surface area contributed by atoms with Crippen LogP contribution in [0.5, 0.6) is 0 Å². The minimum Gasteiger partial charge on any atom is -0.348 e. The van der Waals surface area contributed by atoms with Crippen LogP contribution in [0.15, 0.2) is 24.3 Å². The zero-order valence-corrected chi connectivity index (χ0v) is 13.8. The van der Waals surface area contributed by atoms with Crippen molar-refractivity contribution in [3.8, 4) is 0 Å². The summed E-state index contributed by atoms with van der Waals surface area (Å²) in [6, 6.07) is 7.48. The number of amides is 2. The van der Waals surface area contributed by atoms with E-state index in [1.54, 1.807) is 18.0 Å². The molecule has 1 aliphatic heterocycles. The lowest BCUT2D eigenvalue weighted by molar-refractivity contribution is -0.119. The topological polar surface area (TPSA) is 61.4 Å². The Kier molecular flexibility index (Phi) is 4.66. The molecule has 2 N–H and O–H groups in total. The van der Waals surface area contributed by atoms with E-state index in [-0.39, 0.29) is 23.8 Å². The maximum Gasteiger partial charge on any atom is 0.253 e. The van der Waals surface area contributed by atoms with Crippen LogP contribution in [0.2, 0.25) is 0 Å². The molecule has 5 nitrogen and oxygen atoms in total. The maximum atomic E-state index is 12.7. The van der Waals surface area contributed by atoms with Crippen molar-refractivity contribution in [3.63, 3.8) is 0 Å². The Morgan fingerprint density at radius 1 is 1.22 bits per heavy atom. The van der Waals surface area contributed by atoms with Gasteiger partial charge in [0, 0.05) is 25.6 Å². The van der Waals surface area contributed by atoms with Crippen LogP contribution >= 0.6 is 0 Å². The summed E-state index contributed by atoms with van der Waals surface area (Å²) in [5, 5.41) is 6.45. The van der Waals surface area contributed by atoms with Gasteiger partial charge in [-0.15, -0.1) is 0 Å². The van der Waals surface area contributed by atoms with E-state index in [9.17, 15) is 9.59 Å². The van der Waals surface area contributed by atoms with E-state index < -0.39 is 0 Å². The third kappa shape index (κ3) is 3.55. The first-order valence-corrected chi connectivity index (χ1v) is 8.46. The van der Waals surface area contributed by atoms with Crippen molar-refractivity contribution in [2.45, 2.75) is 32.2 Å². The standard InChI is InChI=1S/C18H25N3O2/c1-12-9-10-19-11-15(12)20-17(22)14-5-3-4-6-16(14)21(2)18(23)13-7-8-13/h3-6,12-13,15,19H,7-11H2,1-2H3,(H,20,22). The molecule has 2 fully saturated rings. The molecule has 0 spiro atoms. The van der Waals surface area contributed by atoms with Gasteiger partial charge in [-0.05, 0) is 43.9 Å². The molecule has 23 heavy (non-hydrogen) atoms. The van der Waals surface area contributed by atoms with Gasteiger partial charge < -0.3 is 15.5 Å². The summed E-state index contributed by atoms with van der Waals surface area (Å²) < 4.78 is 0. The predicted octanol–water partition coefficient (Wildman–Crippen LogP) is 1.79. The minimum absolute atomic E-state index is 0.100. The number of anilines is 1. The second-order valence-electron chi connectivity index (χ2n) is 6.74. The fourth-order valence-corrected chi connectivity index (χ4v) is 3.11. The molecule has 1 aromatic rings. The molecule has 2 amide bonds. The van der Waals surface area contributed by atoms with Crippen LogP contribution in [-0.2, 0) is 4.79 Å². The Bertz CT molecular complexity index is 598. The number of carbonyl (C=O) groups is 2. The Balaban J connectivity index is 1.76. The van der Waals surface area contributed by atoms with Gasteiger partial charge in [0.05, 0.1) is 11.3 Å². The number of para-hydroxylation sites is 1. The Morgan fingerprint density at radius 2 is 1.96 bits per heavy atom. The summed E-state index contributed by atoms with van der Waals surface area (Å²) in [7, 11) is 1.76. The molecule has 0 bridgehead atoms. The van der Waals surface area contributed by atoms with E-state index in [1.807, 2.05) is 18.2 Å². The smallest absolute Gasteiger partial charge is 0.253 e. The number of nitrogens with zero attached hydrogens (tertiary/aromatic N) is 1.